The van der Waals surface area contributed by atoms with Crippen LogP contribution in [0.5, 0.6) is 17.2 Å². The van der Waals surface area contributed by atoms with Crippen molar-refractivity contribution in [2.45, 2.75) is 0 Å². The maximum Gasteiger partial charge on any atom is 0.216 e. The molecule has 0 unspecified atom stereocenters. The highest BCUT2D eigenvalue weighted by Crippen LogP contribution is 2.27. The molecule has 26 heavy (non-hydrogen) atoms. The van der Waals surface area contributed by atoms with Gasteiger partial charge in [0.1, 0.15) is 5.75 Å². The molecule has 1 heterocycles. The summed E-state index contributed by atoms with van der Waals surface area (Å²) in [4.78, 5) is 0. The van der Waals surface area contributed by atoms with Gasteiger partial charge in [0.15, 0.2) is 17.3 Å². The topological polar surface area (TPSA) is 73.7 Å². The first-order valence-electron chi connectivity index (χ1n) is 7.74. The van der Waals surface area contributed by atoms with Gasteiger partial charge in [-0.2, -0.15) is 14.9 Å². The van der Waals surface area contributed by atoms with Crippen molar-refractivity contribution in [2.75, 3.05) is 21.3 Å². The van der Waals surface area contributed by atoms with E-state index in [0.717, 1.165) is 16.9 Å². The van der Waals surface area contributed by atoms with Crippen LogP contribution in [0.15, 0.2) is 47.6 Å². The fourth-order valence-electron chi connectivity index (χ4n) is 2.38. The van der Waals surface area contributed by atoms with Gasteiger partial charge >= 0.3 is 0 Å². The molecular formula is C18H18N4O3S. The Kier molecular flexibility index (Phi) is 5.33. The van der Waals surface area contributed by atoms with Crippen molar-refractivity contribution >= 4 is 18.4 Å². The molecule has 0 aliphatic heterocycles. The number of H-pyrrole nitrogens is 1. The molecule has 0 aliphatic carbocycles. The Morgan fingerprint density at radius 3 is 2.38 bits per heavy atom. The molecule has 3 aromatic rings. The molecule has 134 valence electrons. The molecule has 0 fully saturated rings. The third-order valence-electron chi connectivity index (χ3n) is 3.73. The van der Waals surface area contributed by atoms with Crippen LogP contribution in [0, 0.1) is 4.77 Å². The lowest BCUT2D eigenvalue weighted by molar-refractivity contribution is 0.355. The van der Waals surface area contributed by atoms with Crippen molar-refractivity contribution in [3.63, 3.8) is 0 Å². The van der Waals surface area contributed by atoms with Gasteiger partial charge in [0.25, 0.3) is 0 Å². The van der Waals surface area contributed by atoms with Gasteiger partial charge in [-0.1, -0.05) is 0 Å². The monoisotopic (exact) mass is 370 g/mol. The second kappa shape index (κ2) is 7.83. The first kappa shape index (κ1) is 17.7. The number of ether oxygens (including phenoxy) is 3. The Labute approximate surface area is 155 Å². The van der Waals surface area contributed by atoms with Crippen LogP contribution in [0.1, 0.15) is 5.56 Å². The molecule has 0 saturated heterocycles. The summed E-state index contributed by atoms with van der Waals surface area (Å²) in [6.45, 7) is 0. The van der Waals surface area contributed by atoms with Crippen molar-refractivity contribution in [3.8, 4) is 28.6 Å². The zero-order chi connectivity index (χ0) is 18.5. The number of nitrogens with one attached hydrogen (secondary N) is 1. The fraction of sp³-hybridized carbons (Fsp3) is 0.167. The number of hydrogen-bond acceptors (Lipinski definition) is 6. The van der Waals surface area contributed by atoms with Crippen LogP contribution in [0.4, 0.5) is 0 Å². The molecule has 7 nitrogen and oxygen atoms in total. The summed E-state index contributed by atoms with van der Waals surface area (Å²) in [6.07, 6.45) is 1.68. The number of hydrogen-bond donors (Lipinski definition) is 1. The second-order valence-corrected chi connectivity index (χ2v) is 5.64. The highest BCUT2D eigenvalue weighted by Gasteiger charge is 2.09. The van der Waals surface area contributed by atoms with E-state index in [0.29, 0.717) is 22.1 Å². The van der Waals surface area contributed by atoms with Gasteiger partial charge in [-0.3, -0.25) is 0 Å². The molecule has 2 aromatic carbocycles. The molecule has 0 aliphatic rings. The van der Waals surface area contributed by atoms with Crippen molar-refractivity contribution in [3.05, 3.63) is 52.8 Å². The van der Waals surface area contributed by atoms with Crippen LogP contribution < -0.4 is 14.2 Å². The fourth-order valence-corrected chi connectivity index (χ4v) is 2.56. The first-order chi connectivity index (χ1) is 12.7. The predicted molar refractivity (Wildman–Crippen MR) is 102 cm³/mol. The lowest BCUT2D eigenvalue weighted by Crippen LogP contribution is -1.96. The van der Waals surface area contributed by atoms with Crippen LogP contribution in [0.3, 0.4) is 0 Å². The van der Waals surface area contributed by atoms with E-state index in [9.17, 15) is 0 Å². The highest BCUT2D eigenvalue weighted by atomic mass is 32.1. The minimum atomic E-state index is 0.396. The minimum absolute atomic E-state index is 0.396. The number of nitrogens with zero attached hydrogens (tertiary/aromatic N) is 3. The standard InChI is InChI=1S/C18H18N4O3S/c1-23-14-7-5-13(6-8-14)17-20-21-18(26)22(17)19-11-12-4-9-15(24-2)16(10-12)25-3/h4-11H,1-3H3,(H,21,26)/b19-11-. The van der Waals surface area contributed by atoms with Crippen molar-refractivity contribution in [1.29, 1.82) is 0 Å². The Morgan fingerprint density at radius 2 is 1.73 bits per heavy atom. The number of methoxy groups -OCH3 is 3. The quantitative estimate of drug-likeness (QED) is 0.531. The van der Waals surface area contributed by atoms with Crippen LogP contribution in [0.25, 0.3) is 11.4 Å². The van der Waals surface area contributed by atoms with Gasteiger partial charge in [-0.15, -0.1) is 0 Å². The number of aromatic amines is 1. The minimum Gasteiger partial charge on any atom is -0.497 e. The molecule has 0 bridgehead atoms. The summed E-state index contributed by atoms with van der Waals surface area (Å²) in [6, 6.07) is 13.0. The van der Waals surface area contributed by atoms with E-state index in [1.807, 2.05) is 42.5 Å². The van der Waals surface area contributed by atoms with E-state index in [2.05, 4.69) is 15.3 Å². The SMILES string of the molecule is COc1ccc(-c2n[nH]c(=S)n2/N=C\c2ccc(OC)c(OC)c2)cc1. The Hall–Kier alpha value is -3.13. The van der Waals surface area contributed by atoms with Gasteiger partial charge in [0, 0.05) is 5.56 Å². The van der Waals surface area contributed by atoms with E-state index in [1.165, 1.54) is 0 Å². The van der Waals surface area contributed by atoms with E-state index in [4.69, 9.17) is 26.4 Å². The zero-order valence-corrected chi connectivity index (χ0v) is 15.4. The van der Waals surface area contributed by atoms with Crippen LogP contribution in [0.2, 0.25) is 0 Å². The van der Waals surface area contributed by atoms with Crippen molar-refractivity contribution < 1.29 is 14.2 Å². The summed E-state index contributed by atoms with van der Waals surface area (Å²) in [7, 11) is 4.81. The van der Waals surface area contributed by atoms with E-state index < -0.39 is 0 Å². The molecular weight excluding hydrogens is 352 g/mol. The molecule has 0 radical (unpaired) electrons. The van der Waals surface area contributed by atoms with Crippen molar-refractivity contribution in [1.82, 2.24) is 14.9 Å². The van der Waals surface area contributed by atoms with Crippen LogP contribution in [-0.2, 0) is 0 Å². The van der Waals surface area contributed by atoms with Gasteiger partial charge in [-0.05, 0) is 60.2 Å². The van der Waals surface area contributed by atoms with Crippen LogP contribution in [-0.4, -0.2) is 42.4 Å². The molecule has 3 rings (SSSR count). The lowest BCUT2D eigenvalue weighted by Gasteiger charge is -2.07. The molecule has 8 heteroatoms. The number of benzene rings is 2. The third kappa shape index (κ3) is 3.60. The maximum absolute atomic E-state index is 5.31. The Balaban J connectivity index is 1.94. The molecule has 0 spiro atoms. The summed E-state index contributed by atoms with van der Waals surface area (Å²) in [5.74, 6) is 2.66. The number of rotatable bonds is 6. The maximum atomic E-state index is 5.31. The number of aromatic nitrogens is 3. The summed E-state index contributed by atoms with van der Waals surface area (Å²) >= 11 is 5.29. The summed E-state index contributed by atoms with van der Waals surface area (Å²) in [5.41, 5.74) is 1.70. The largest absolute Gasteiger partial charge is 0.497 e. The van der Waals surface area contributed by atoms with Crippen LogP contribution >= 0.6 is 12.2 Å². The molecule has 1 aromatic heterocycles. The molecule has 0 atom stereocenters. The van der Waals surface area contributed by atoms with Gasteiger partial charge in [0.05, 0.1) is 27.5 Å². The smallest absolute Gasteiger partial charge is 0.216 e. The predicted octanol–water partition coefficient (Wildman–Crippen LogP) is 3.52. The normalized spacial score (nSPS) is 10.9. The van der Waals surface area contributed by atoms with E-state index in [-0.39, 0.29) is 0 Å². The van der Waals surface area contributed by atoms with Gasteiger partial charge in [-0.25, -0.2) is 5.10 Å². The highest BCUT2D eigenvalue weighted by molar-refractivity contribution is 7.71. The summed E-state index contributed by atoms with van der Waals surface area (Å²) in [5, 5.41) is 11.5. The lowest BCUT2D eigenvalue weighted by atomic mass is 10.2. The van der Waals surface area contributed by atoms with Crippen molar-refractivity contribution in [2.24, 2.45) is 5.10 Å². The average Bonchev–Trinajstić information content (AvgIpc) is 3.06. The Bertz CT molecular complexity index is 977. The van der Waals surface area contributed by atoms with Gasteiger partial charge in [0.2, 0.25) is 4.77 Å². The zero-order valence-electron chi connectivity index (χ0n) is 14.6. The van der Waals surface area contributed by atoms with Gasteiger partial charge < -0.3 is 14.2 Å². The molecule has 1 N–H and O–H groups in total. The summed E-state index contributed by atoms with van der Waals surface area (Å²) < 4.78 is 17.7. The second-order valence-electron chi connectivity index (χ2n) is 5.25. The average molecular weight is 370 g/mol. The van der Waals surface area contributed by atoms with E-state index in [1.54, 1.807) is 32.2 Å². The first-order valence-corrected chi connectivity index (χ1v) is 8.15. The third-order valence-corrected chi connectivity index (χ3v) is 3.99. The molecule has 0 saturated carbocycles. The Morgan fingerprint density at radius 1 is 1.00 bits per heavy atom. The molecule has 0 amide bonds. The van der Waals surface area contributed by atoms with E-state index >= 15 is 0 Å².